The van der Waals surface area contributed by atoms with Gasteiger partial charge in [-0.1, -0.05) is 42.5 Å². The van der Waals surface area contributed by atoms with E-state index in [0.717, 1.165) is 61.6 Å². The molecule has 1 saturated heterocycles. The molecule has 0 radical (unpaired) electrons. The zero-order valence-electron chi connectivity index (χ0n) is 15.5. The number of nitrogens with zero attached hydrogens (tertiary/aromatic N) is 2. The summed E-state index contributed by atoms with van der Waals surface area (Å²) in [7, 11) is 2.18. The molecule has 4 heteroatoms. The van der Waals surface area contributed by atoms with Gasteiger partial charge in [0.15, 0.2) is 0 Å². The van der Waals surface area contributed by atoms with E-state index in [2.05, 4.69) is 29.0 Å². The molecular weight excluding hydrogens is 324 g/mol. The molecule has 0 spiro atoms. The highest BCUT2D eigenvalue weighted by Crippen LogP contribution is 2.43. The zero-order chi connectivity index (χ0) is 18.0. The number of likely N-dealkylation sites (N-methyl/N-ethyl adjacent to an activating group) is 1. The minimum atomic E-state index is -0.990. The average molecular weight is 352 g/mol. The molecule has 2 aliphatic rings. The number of rotatable bonds is 4. The van der Waals surface area contributed by atoms with Gasteiger partial charge in [-0.3, -0.25) is 0 Å². The van der Waals surface area contributed by atoms with Gasteiger partial charge in [0.05, 0.1) is 0 Å². The van der Waals surface area contributed by atoms with Crippen LogP contribution in [0.15, 0.2) is 48.5 Å². The molecule has 138 valence electrons. The molecule has 2 aromatic carbocycles. The SMILES string of the molecule is CN1CCN(CCCC2(O)c3ccccc3COc3ccccc32)CC1. The number of ether oxygens (including phenoxy) is 1. The molecule has 0 saturated carbocycles. The number of hydrogen-bond acceptors (Lipinski definition) is 4. The molecule has 1 fully saturated rings. The van der Waals surface area contributed by atoms with Gasteiger partial charge in [-0.05, 0) is 43.6 Å². The van der Waals surface area contributed by atoms with Crippen LogP contribution in [0.4, 0.5) is 0 Å². The van der Waals surface area contributed by atoms with Crippen molar-refractivity contribution in [1.82, 2.24) is 9.80 Å². The van der Waals surface area contributed by atoms with E-state index in [1.54, 1.807) is 0 Å². The summed E-state index contributed by atoms with van der Waals surface area (Å²) in [6.07, 6.45) is 1.67. The summed E-state index contributed by atoms with van der Waals surface area (Å²) in [6.45, 7) is 6.03. The Labute approximate surface area is 156 Å². The van der Waals surface area contributed by atoms with Gasteiger partial charge in [0.25, 0.3) is 0 Å². The second-order valence-corrected chi connectivity index (χ2v) is 7.55. The highest BCUT2D eigenvalue weighted by Gasteiger charge is 2.37. The average Bonchev–Trinajstić information content (AvgIpc) is 2.80. The number of benzene rings is 2. The third-order valence-electron chi connectivity index (χ3n) is 5.79. The molecule has 2 aliphatic heterocycles. The minimum absolute atomic E-state index is 0.508. The first-order valence-corrected chi connectivity index (χ1v) is 9.61. The third-order valence-corrected chi connectivity index (χ3v) is 5.79. The van der Waals surface area contributed by atoms with Gasteiger partial charge in [0.1, 0.15) is 18.0 Å². The second-order valence-electron chi connectivity index (χ2n) is 7.55. The van der Waals surface area contributed by atoms with Crippen LogP contribution >= 0.6 is 0 Å². The van der Waals surface area contributed by atoms with Crippen LogP contribution in [0.5, 0.6) is 5.75 Å². The van der Waals surface area contributed by atoms with E-state index < -0.39 is 5.60 Å². The third kappa shape index (κ3) is 3.37. The van der Waals surface area contributed by atoms with Gasteiger partial charge in [0.2, 0.25) is 0 Å². The Hall–Kier alpha value is -1.88. The van der Waals surface area contributed by atoms with E-state index in [9.17, 15) is 5.11 Å². The van der Waals surface area contributed by atoms with Crippen molar-refractivity contribution >= 4 is 0 Å². The normalized spacial score (nSPS) is 23.6. The fourth-order valence-corrected chi connectivity index (χ4v) is 4.18. The number of aliphatic hydroxyl groups is 1. The first kappa shape index (κ1) is 17.5. The van der Waals surface area contributed by atoms with Gasteiger partial charge in [0, 0.05) is 31.7 Å². The molecule has 0 aliphatic carbocycles. The maximum Gasteiger partial charge on any atom is 0.126 e. The van der Waals surface area contributed by atoms with Crippen LogP contribution in [0, 0.1) is 0 Å². The Morgan fingerprint density at radius 2 is 1.65 bits per heavy atom. The van der Waals surface area contributed by atoms with Gasteiger partial charge >= 0.3 is 0 Å². The Balaban J connectivity index is 1.57. The lowest BCUT2D eigenvalue weighted by Crippen LogP contribution is -2.45. The monoisotopic (exact) mass is 352 g/mol. The van der Waals surface area contributed by atoms with Crippen LogP contribution in [0.3, 0.4) is 0 Å². The minimum Gasteiger partial charge on any atom is -0.488 e. The molecule has 0 aromatic heterocycles. The van der Waals surface area contributed by atoms with Gasteiger partial charge in [-0.25, -0.2) is 0 Å². The van der Waals surface area contributed by atoms with Crippen LogP contribution in [0.2, 0.25) is 0 Å². The van der Waals surface area contributed by atoms with E-state index >= 15 is 0 Å². The number of hydrogen-bond donors (Lipinski definition) is 1. The van der Waals surface area contributed by atoms with Crippen LogP contribution < -0.4 is 4.74 Å². The zero-order valence-corrected chi connectivity index (χ0v) is 15.5. The summed E-state index contributed by atoms with van der Waals surface area (Å²) in [5.41, 5.74) is 1.97. The Morgan fingerprint density at radius 1 is 0.962 bits per heavy atom. The molecule has 1 N–H and O–H groups in total. The summed E-state index contributed by atoms with van der Waals surface area (Å²) in [6, 6.07) is 16.1. The molecule has 26 heavy (non-hydrogen) atoms. The maximum atomic E-state index is 11.8. The first-order valence-electron chi connectivity index (χ1n) is 9.61. The molecule has 1 atom stereocenters. The summed E-state index contributed by atoms with van der Waals surface area (Å²) in [5.74, 6) is 0.797. The Bertz CT molecular complexity index is 706. The summed E-state index contributed by atoms with van der Waals surface area (Å²) >= 11 is 0. The lowest BCUT2D eigenvalue weighted by molar-refractivity contribution is 0.0611. The summed E-state index contributed by atoms with van der Waals surface area (Å²) in [5, 5.41) is 11.8. The number of piperazine rings is 1. The molecule has 2 aromatic rings. The predicted molar refractivity (Wildman–Crippen MR) is 103 cm³/mol. The Morgan fingerprint density at radius 3 is 2.46 bits per heavy atom. The summed E-state index contributed by atoms with van der Waals surface area (Å²) < 4.78 is 6.00. The van der Waals surface area contributed by atoms with E-state index in [1.807, 2.05) is 36.4 Å². The number of fused-ring (bicyclic) bond motifs is 2. The molecular formula is C22H28N2O2. The molecule has 4 nitrogen and oxygen atoms in total. The molecule has 2 heterocycles. The standard InChI is InChI=1S/C22H28N2O2/c1-23-13-15-24(16-14-23)12-6-11-22(25)19-8-3-2-7-18(19)17-26-21-10-5-4-9-20(21)22/h2-5,7-10,25H,6,11-17H2,1H3. The van der Waals surface area contributed by atoms with Crippen molar-refractivity contribution < 1.29 is 9.84 Å². The van der Waals surface area contributed by atoms with Crippen LogP contribution in [-0.4, -0.2) is 54.7 Å². The summed E-state index contributed by atoms with van der Waals surface area (Å²) in [4.78, 5) is 4.88. The van der Waals surface area contributed by atoms with Crippen LogP contribution in [0.25, 0.3) is 0 Å². The largest absolute Gasteiger partial charge is 0.488 e. The van der Waals surface area contributed by atoms with E-state index in [4.69, 9.17) is 4.74 Å². The molecule has 1 unspecified atom stereocenters. The van der Waals surface area contributed by atoms with Crippen LogP contribution in [0.1, 0.15) is 29.5 Å². The van der Waals surface area contributed by atoms with Gasteiger partial charge < -0.3 is 19.6 Å². The molecule has 0 bridgehead atoms. The smallest absolute Gasteiger partial charge is 0.126 e. The van der Waals surface area contributed by atoms with Crippen molar-refractivity contribution in [3.63, 3.8) is 0 Å². The van der Waals surface area contributed by atoms with Crippen LogP contribution in [-0.2, 0) is 12.2 Å². The van der Waals surface area contributed by atoms with Crippen molar-refractivity contribution in [1.29, 1.82) is 0 Å². The Kier molecular flexibility index (Phi) is 4.98. The molecule has 0 amide bonds. The maximum absolute atomic E-state index is 11.8. The van der Waals surface area contributed by atoms with E-state index in [-0.39, 0.29) is 0 Å². The first-order chi connectivity index (χ1) is 12.7. The van der Waals surface area contributed by atoms with Crippen molar-refractivity contribution in [3.8, 4) is 5.75 Å². The highest BCUT2D eigenvalue weighted by molar-refractivity contribution is 5.49. The van der Waals surface area contributed by atoms with Crippen molar-refractivity contribution in [2.24, 2.45) is 0 Å². The fourth-order valence-electron chi connectivity index (χ4n) is 4.18. The van der Waals surface area contributed by atoms with E-state index in [0.29, 0.717) is 13.0 Å². The molecule has 4 rings (SSSR count). The predicted octanol–water partition coefficient (Wildman–Crippen LogP) is 2.84. The lowest BCUT2D eigenvalue weighted by atomic mass is 9.80. The van der Waals surface area contributed by atoms with E-state index in [1.165, 1.54) is 0 Å². The van der Waals surface area contributed by atoms with Crippen molar-refractivity contribution in [2.45, 2.75) is 25.0 Å². The fraction of sp³-hybridized carbons (Fsp3) is 0.455. The number of para-hydroxylation sites is 1. The quantitative estimate of drug-likeness (QED) is 0.918. The van der Waals surface area contributed by atoms with Gasteiger partial charge in [-0.15, -0.1) is 0 Å². The lowest BCUT2D eigenvalue weighted by Gasteiger charge is -2.34. The topological polar surface area (TPSA) is 35.9 Å². The second kappa shape index (κ2) is 7.39. The van der Waals surface area contributed by atoms with Gasteiger partial charge in [-0.2, -0.15) is 0 Å². The van der Waals surface area contributed by atoms with Crippen molar-refractivity contribution in [3.05, 3.63) is 65.2 Å². The highest BCUT2D eigenvalue weighted by atomic mass is 16.5. The van der Waals surface area contributed by atoms with Crippen molar-refractivity contribution in [2.75, 3.05) is 39.8 Å².